The van der Waals surface area contributed by atoms with Gasteiger partial charge in [-0.25, -0.2) is 9.29 Å². The van der Waals surface area contributed by atoms with Gasteiger partial charge in [-0.15, -0.1) is 23.2 Å². The Balaban J connectivity index is 1.41. The molecule has 0 aromatic heterocycles. The number of benzene rings is 2. The van der Waals surface area contributed by atoms with Crippen LogP contribution in [0.3, 0.4) is 0 Å². The van der Waals surface area contributed by atoms with E-state index in [4.69, 9.17) is 28.3 Å². The molecular formula is C32H29Cl2FN2O7. The summed E-state index contributed by atoms with van der Waals surface area (Å²) in [5.41, 5.74) is 1.09. The van der Waals surface area contributed by atoms with E-state index in [1.165, 1.54) is 29.2 Å². The van der Waals surface area contributed by atoms with E-state index in [1.807, 2.05) is 0 Å². The Morgan fingerprint density at radius 2 is 1.68 bits per heavy atom. The van der Waals surface area contributed by atoms with Crippen molar-refractivity contribution in [3.8, 4) is 5.75 Å². The lowest BCUT2D eigenvalue weighted by molar-refractivity contribution is -0.141. The van der Waals surface area contributed by atoms with E-state index >= 15 is 0 Å². The second-order valence-electron chi connectivity index (χ2n) is 11.9. The number of allylic oxidation sites excluding steroid dienone is 2. The van der Waals surface area contributed by atoms with Gasteiger partial charge in [0, 0.05) is 18.9 Å². The number of anilines is 1. The number of alkyl halides is 2. The number of fused-ring (bicyclic) bond motifs is 4. The fourth-order valence-electron chi connectivity index (χ4n) is 7.49. The third-order valence-electron chi connectivity index (χ3n) is 9.46. The molecule has 2 aromatic rings. The Labute approximate surface area is 262 Å². The maximum atomic E-state index is 14.3. The van der Waals surface area contributed by atoms with E-state index in [0.717, 1.165) is 17.0 Å². The SMILES string of the molecule is O=C(O)CCCCCN1C(=O)C2CC=C3C(CC4(Cl)C(=O)N(c5ccc(F)cc5)C(=O)C4(Cl)C3c3cccc(O)c3)C2C1=O. The predicted octanol–water partition coefficient (Wildman–Crippen LogP) is 4.74. The van der Waals surface area contributed by atoms with Gasteiger partial charge in [-0.2, -0.15) is 0 Å². The first-order valence-corrected chi connectivity index (χ1v) is 15.2. The molecule has 3 fully saturated rings. The zero-order chi connectivity index (χ0) is 31.6. The molecule has 9 nitrogen and oxygen atoms in total. The summed E-state index contributed by atoms with van der Waals surface area (Å²) in [5.74, 6) is -7.24. The number of unbranched alkanes of at least 4 members (excludes halogenated alkanes) is 2. The van der Waals surface area contributed by atoms with Gasteiger partial charge >= 0.3 is 5.97 Å². The number of carboxylic acids is 1. The molecule has 1 saturated carbocycles. The minimum Gasteiger partial charge on any atom is -0.508 e. The highest BCUT2D eigenvalue weighted by atomic mass is 35.5. The van der Waals surface area contributed by atoms with Crippen molar-refractivity contribution in [2.24, 2.45) is 17.8 Å². The van der Waals surface area contributed by atoms with Crippen LogP contribution in [-0.2, 0) is 24.0 Å². The number of imide groups is 2. The van der Waals surface area contributed by atoms with Crippen molar-refractivity contribution in [1.82, 2.24) is 4.90 Å². The van der Waals surface area contributed by atoms with Crippen molar-refractivity contribution in [1.29, 1.82) is 0 Å². The molecule has 2 saturated heterocycles. The van der Waals surface area contributed by atoms with E-state index in [-0.39, 0.29) is 43.2 Å². The molecule has 2 aliphatic carbocycles. The van der Waals surface area contributed by atoms with E-state index < -0.39 is 62.9 Å². The number of phenolic OH excluding ortho intramolecular Hbond substituents is 1. The third kappa shape index (κ3) is 4.44. The van der Waals surface area contributed by atoms with Gasteiger partial charge in [0.2, 0.25) is 11.8 Å². The van der Waals surface area contributed by atoms with Crippen molar-refractivity contribution < 1.29 is 38.6 Å². The molecule has 6 rings (SSSR count). The van der Waals surface area contributed by atoms with Crippen molar-refractivity contribution in [3.63, 3.8) is 0 Å². The number of amides is 4. The molecule has 230 valence electrons. The van der Waals surface area contributed by atoms with E-state index in [0.29, 0.717) is 30.4 Å². The second kappa shape index (κ2) is 11.0. The van der Waals surface area contributed by atoms with Crippen molar-refractivity contribution in [2.45, 2.75) is 54.2 Å². The summed E-state index contributed by atoms with van der Waals surface area (Å²) >= 11 is 14.5. The van der Waals surface area contributed by atoms with Crippen LogP contribution in [-0.4, -0.2) is 61.0 Å². The number of rotatable bonds is 8. The normalized spacial score (nSPS) is 31.1. The lowest BCUT2D eigenvalue weighted by Gasteiger charge is -2.50. The molecular weight excluding hydrogens is 614 g/mol. The highest BCUT2D eigenvalue weighted by Crippen LogP contribution is 2.65. The molecule has 2 aliphatic heterocycles. The van der Waals surface area contributed by atoms with Gasteiger partial charge in [0.25, 0.3) is 11.8 Å². The fourth-order valence-corrected chi connectivity index (χ4v) is 8.42. The Kier molecular flexibility index (Phi) is 7.57. The highest BCUT2D eigenvalue weighted by Gasteiger charge is 2.76. The zero-order valence-corrected chi connectivity index (χ0v) is 24.9. The van der Waals surface area contributed by atoms with Crippen LogP contribution in [0.2, 0.25) is 0 Å². The number of phenols is 1. The molecule has 0 bridgehead atoms. The van der Waals surface area contributed by atoms with Gasteiger partial charge in [0.1, 0.15) is 11.6 Å². The largest absolute Gasteiger partial charge is 0.508 e. The minimum absolute atomic E-state index is 0.00139. The highest BCUT2D eigenvalue weighted by molar-refractivity contribution is 6.58. The molecule has 2 N–H and O–H groups in total. The maximum Gasteiger partial charge on any atom is 0.303 e. The first-order valence-electron chi connectivity index (χ1n) is 14.5. The smallest absolute Gasteiger partial charge is 0.303 e. The van der Waals surface area contributed by atoms with Gasteiger partial charge in [-0.1, -0.05) is 30.2 Å². The van der Waals surface area contributed by atoms with Crippen molar-refractivity contribution in [3.05, 3.63) is 71.6 Å². The first kappa shape index (κ1) is 30.3. The van der Waals surface area contributed by atoms with Gasteiger partial charge in [-0.3, -0.25) is 28.9 Å². The third-order valence-corrected chi connectivity index (χ3v) is 10.9. The lowest BCUT2D eigenvalue weighted by atomic mass is 9.56. The second-order valence-corrected chi connectivity index (χ2v) is 13.1. The quantitative estimate of drug-likeness (QED) is 0.184. The Morgan fingerprint density at radius 1 is 0.955 bits per heavy atom. The van der Waals surface area contributed by atoms with Crippen LogP contribution < -0.4 is 4.90 Å². The van der Waals surface area contributed by atoms with Crippen molar-refractivity contribution >= 4 is 58.5 Å². The molecule has 0 spiro atoms. The zero-order valence-electron chi connectivity index (χ0n) is 23.4. The number of hydrogen-bond acceptors (Lipinski definition) is 6. The summed E-state index contributed by atoms with van der Waals surface area (Å²) in [6, 6.07) is 10.9. The topological polar surface area (TPSA) is 132 Å². The maximum absolute atomic E-state index is 14.3. The minimum atomic E-state index is -2.07. The van der Waals surface area contributed by atoms with E-state index in [2.05, 4.69) is 0 Å². The van der Waals surface area contributed by atoms with E-state index in [9.17, 15) is 33.5 Å². The van der Waals surface area contributed by atoms with Gasteiger partial charge in [0.15, 0.2) is 9.75 Å². The van der Waals surface area contributed by atoms with Gasteiger partial charge in [0.05, 0.1) is 17.5 Å². The summed E-state index contributed by atoms with van der Waals surface area (Å²) in [5, 5.41) is 19.3. The Morgan fingerprint density at radius 3 is 2.36 bits per heavy atom. The number of carbonyl (C=O) groups is 5. The average Bonchev–Trinajstić information content (AvgIpc) is 3.31. The Hall–Kier alpha value is -3.76. The number of aromatic hydroxyl groups is 1. The van der Waals surface area contributed by atoms with Gasteiger partial charge < -0.3 is 10.2 Å². The number of nitrogens with zero attached hydrogens (tertiary/aromatic N) is 2. The number of carboxylic acid groups (broad SMARTS) is 1. The van der Waals surface area contributed by atoms with Gasteiger partial charge in [-0.05, 0) is 73.6 Å². The van der Waals surface area contributed by atoms with E-state index in [1.54, 1.807) is 18.2 Å². The number of aliphatic carboxylic acids is 1. The van der Waals surface area contributed by atoms with Crippen LogP contribution in [0.5, 0.6) is 5.75 Å². The number of hydrogen-bond donors (Lipinski definition) is 2. The molecule has 2 heterocycles. The fraction of sp³-hybridized carbons (Fsp3) is 0.406. The number of halogens is 3. The van der Waals surface area contributed by atoms with Crippen LogP contribution >= 0.6 is 23.2 Å². The monoisotopic (exact) mass is 642 g/mol. The predicted molar refractivity (Wildman–Crippen MR) is 158 cm³/mol. The lowest BCUT2D eigenvalue weighted by Crippen LogP contribution is -2.60. The number of carbonyl (C=O) groups excluding carboxylic acids is 4. The molecule has 4 amide bonds. The summed E-state index contributed by atoms with van der Waals surface area (Å²) in [6.07, 6.45) is 3.21. The average molecular weight is 643 g/mol. The summed E-state index contributed by atoms with van der Waals surface area (Å²) in [7, 11) is 0. The summed E-state index contributed by atoms with van der Waals surface area (Å²) in [6.45, 7) is 0.142. The molecule has 44 heavy (non-hydrogen) atoms. The molecule has 6 unspecified atom stereocenters. The van der Waals surface area contributed by atoms with Crippen LogP contribution in [0.4, 0.5) is 10.1 Å². The standard InChI is InChI=1S/C32H29Cl2FN2O7/c33-31-16-23-21(12-13-22-25(23)28(42)36(27(22)41)14-3-1-2-7-24(39)40)26(17-5-4-6-20(38)15-17)32(31,34)30(44)37(29(31)43)19-10-8-18(35)9-11-19/h4-6,8-12,15,22-23,25-26,38H,1-3,7,13-14,16H2,(H,39,40). The summed E-state index contributed by atoms with van der Waals surface area (Å²) in [4.78, 5) is 64.6. The number of likely N-dealkylation sites (tertiary alicyclic amines) is 1. The molecule has 12 heteroatoms. The molecule has 0 radical (unpaired) electrons. The van der Waals surface area contributed by atoms with Crippen molar-refractivity contribution in [2.75, 3.05) is 11.4 Å². The molecule has 2 aromatic carbocycles. The van der Waals surface area contributed by atoms with Crippen LogP contribution in [0.15, 0.2) is 60.2 Å². The van der Waals surface area contributed by atoms with Crippen LogP contribution in [0, 0.1) is 23.6 Å². The van der Waals surface area contributed by atoms with Crippen LogP contribution in [0.1, 0.15) is 50.0 Å². The Bertz CT molecular complexity index is 1610. The first-order chi connectivity index (χ1) is 20.9. The molecule has 6 atom stereocenters. The summed E-state index contributed by atoms with van der Waals surface area (Å²) < 4.78 is 13.8. The van der Waals surface area contributed by atoms with Crippen LogP contribution in [0.25, 0.3) is 0 Å². The molecule has 4 aliphatic rings.